The van der Waals surface area contributed by atoms with E-state index in [0.717, 1.165) is 41.9 Å². The summed E-state index contributed by atoms with van der Waals surface area (Å²) in [5.74, 6) is -1.21. The second kappa shape index (κ2) is 9.70. The number of carboxylic acid groups (broad SMARTS) is 1. The van der Waals surface area contributed by atoms with Crippen LogP contribution in [0.1, 0.15) is 17.5 Å². The zero-order valence-corrected chi connectivity index (χ0v) is 19.2. The molecule has 0 unspecified atom stereocenters. The van der Waals surface area contributed by atoms with Gasteiger partial charge in [0.05, 0.1) is 0 Å². The number of aryl methyl sites for hydroxylation is 1. The minimum absolute atomic E-state index is 0.259. The van der Waals surface area contributed by atoms with E-state index in [9.17, 15) is 4.79 Å². The normalized spacial score (nSPS) is 13.1. The van der Waals surface area contributed by atoms with Crippen molar-refractivity contribution in [2.75, 3.05) is 11.4 Å². The van der Waals surface area contributed by atoms with E-state index in [4.69, 9.17) is 10.4 Å². The molecule has 0 bridgehead atoms. The average molecular weight is 457 g/mol. The van der Waals surface area contributed by atoms with E-state index in [2.05, 4.69) is 77.7 Å². The van der Waals surface area contributed by atoms with Gasteiger partial charge >= 0.3 is 5.97 Å². The van der Waals surface area contributed by atoms with E-state index in [-0.39, 0.29) is 5.57 Å². The van der Waals surface area contributed by atoms with Gasteiger partial charge in [-0.05, 0) is 76.6 Å². The summed E-state index contributed by atoms with van der Waals surface area (Å²) >= 11 is 0. The Morgan fingerprint density at radius 3 is 2.03 bits per heavy atom. The van der Waals surface area contributed by atoms with Gasteiger partial charge in [0.25, 0.3) is 0 Å². The lowest BCUT2D eigenvalue weighted by molar-refractivity contribution is -0.132. The summed E-state index contributed by atoms with van der Waals surface area (Å²) in [7, 11) is 0. The number of fused-ring (bicyclic) bond motifs is 1. The average Bonchev–Trinajstić information content (AvgIpc) is 2.92. The predicted octanol–water partition coefficient (Wildman–Crippen LogP) is 7.10. The molecule has 35 heavy (non-hydrogen) atoms. The summed E-state index contributed by atoms with van der Waals surface area (Å²) in [6.07, 6.45) is 3.36. The fraction of sp³-hybridized carbons (Fsp3) is 0.0968. The highest BCUT2D eigenvalue weighted by molar-refractivity contribution is 5.96. The maximum Gasteiger partial charge on any atom is 0.346 e. The molecule has 4 aromatic rings. The van der Waals surface area contributed by atoms with Crippen LogP contribution >= 0.6 is 0 Å². The van der Waals surface area contributed by atoms with Gasteiger partial charge in [-0.15, -0.1) is 0 Å². The first-order valence-electron chi connectivity index (χ1n) is 11.6. The van der Waals surface area contributed by atoms with Crippen LogP contribution in [0.3, 0.4) is 0 Å². The van der Waals surface area contributed by atoms with E-state index >= 15 is 0 Å². The second-order valence-electron chi connectivity index (χ2n) is 8.61. The SMILES string of the molecule is N#C/C(=C\c1ccc2c(c1)CCCN2c1ccc(-c2ccc(-c3ccccc3)cc2)cc1)C(=O)O. The number of benzene rings is 4. The highest BCUT2D eigenvalue weighted by atomic mass is 16.4. The van der Waals surface area contributed by atoms with Crippen molar-refractivity contribution in [3.8, 4) is 28.3 Å². The fourth-order valence-electron chi connectivity index (χ4n) is 4.60. The molecular formula is C31H24N2O2. The molecule has 0 spiro atoms. The van der Waals surface area contributed by atoms with Crippen LogP contribution in [0.4, 0.5) is 11.4 Å². The summed E-state index contributed by atoms with van der Waals surface area (Å²) < 4.78 is 0. The first-order valence-corrected chi connectivity index (χ1v) is 11.6. The number of hydrogen-bond donors (Lipinski definition) is 1. The van der Waals surface area contributed by atoms with E-state index in [0.29, 0.717) is 0 Å². The van der Waals surface area contributed by atoms with Crippen molar-refractivity contribution in [2.24, 2.45) is 0 Å². The minimum atomic E-state index is -1.21. The van der Waals surface area contributed by atoms with Crippen LogP contribution in [-0.2, 0) is 11.2 Å². The Bertz CT molecular complexity index is 1430. The molecular weight excluding hydrogens is 432 g/mol. The summed E-state index contributed by atoms with van der Waals surface area (Å²) in [4.78, 5) is 13.5. The molecule has 4 aromatic carbocycles. The molecule has 0 atom stereocenters. The Morgan fingerprint density at radius 1 is 0.829 bits per heavy atom. The number of nitriles is 1. The van der Waals surface area contributed by atoms with Crippen molar-refractivity contribution in [3.05, 3.63) is 114 Å². The van der Waals surface area contributed by atoms with E-state index < -0.39 is 5.97 Å². The third-order valence-electron chi connectivity index (χ3n) is 6.39. The molecule has 1 aliphatic heterocycles. The first-order chi connectivity index (χ1) is 17.1. The highest BCUT2D eigenvalue weighted by Gasteiger charge is 2.19. The third-order valence-corrected chi connectivity index (χ3v) is 6.39. The largest absolute Gasteiger partial charge is 0.477 e. The lowest BCUT2D eigenvalue weighted by Crippen LogP contribution is -2.24. The van der Waals surface area contributed by atoms with Gasteiger partial charge < -0.3 is 10.0 Å². The number of nitrogens with zero attached hydrogens (tertiary/aromatic N) is 2. The molecule has 5 rings (SSSR count). The summed E-state index contributed by atoms with van der Waals surface area (Å²) in [5, 5.41) is 18.2. The number of aliphatic carboxylic acids is 1. The standard InChI is InChI=1S/C31H24N2O2/c32-21-28(31(34)35)20-22-8-17-30-27(19-22)7-4-18-33(30)29-15-13-26(14-16-29)25-11-9-24(10-12-25)23-5-2-1-3-6-23/h1-3,5-6,8-17,19-20H,4,7,18H2,(H,34,35)/b28-20+. The van der Waals surface area contributed by atoms with Gasteiger partial charge in [0.1, 0.15) is 11.6 Å². The van der Waals surface area contributed by atoms with Gasteiger partial charge in [-0.2, -0.15) is 5.26 Å². The first kappa shape index (κ1) is 22.2. The van der Waals surface area contributed by atoms with Crippen molar-refractivity contribution in [3.63, 3.8) is 0 Å². The molecule has 4 nitrogen and oxygen atoms in total. The summed E-state index contributed by atoms with van der Waals surface area (Å²) in [6.45, 7) is 0.922. The van der Waals surface area contributed by atoms with E-state index in [1.807, 2.05) is 24.3 Å². The fourth-order valence-corrected chi connectivity index (χ4v) is 4.60. The molecule has 1 aliphatic rings. The van der Waals surface area contributed by atoms with Gasteiger partial charge in [-0.1, -0.05) is 72.8 Å². The summed E-state index contributed by atoms with van der Waals surface area (Å²) in [5.41, 5.74) is 8.66. The maximum atomic E-state index is 11.2. The highest BCUT2D eigenvalue weighted by Crippen LogP contribution is 2.35. The van der Waals surface area contributed by atoms with E-state index in [1.54, 1.807) is 6.07 Å². The molecule has 0 fully saturated rings. The van der Waals surface area contributed by atoms with Crippen LogP contribution < -0.4 is 4.90 Å². The zero-order valence-electron chi connectivity index (χ0n) is 19.2. The smallest absolute Gasteiger partial charge is 0.346 e. The molecule has 170 valence electrons. The second-order valence-corrected chi connectivity index (χ2v) is 8.61. The Hall–Kier alpha value is -4.62. The van der Waals surface area contributed by atoms with Crippen LogP contribution in [-0.4, -0.2) is 17.6 Å². The van der Waals surface area contributed by atoms with Crippen LogP contribution in [0.2, 0.25) is 0 Å². The number of carboxylic acids is 1. The topological polar surface area (TPSA) is 64.3 Å². The van der Waals surface area contributed by atoms with Crippen LogP contribution in [0.25, 0.3) is 28.3 Å². The number of anilines is 2. The Kier molecular flexibility index (Phi) is 6.15. The molecule has 0 radical (unpaired) electrons. The quantitative estimate of drug-likeness (QED) is 0.257. The van der Waals surface area contributed by atoms with E-state index in [1.165, 1.54) is 28.3 Å². The van der Waals surface area contributed by atoms with Crippen molar-refractivity contribution < 1.29 is 9.90 Å². The molecule has 0 aromatic heterocycles. The van der Waals surface area contributed by atoms with Crippen LogP contribution in [0, 0.1) is 11.3 Å². The molecule has 0 amide bonds. The molecule has 1 heterocycles. The number of carbonyl (C=O) groups is 1. The number of hydrogen-bond acceptors (Lipinski definition) is 3. The number of rotatable bonds is 5. The molecule has 0 aliphatic carbocycles. The van der Waals surface area contributed by atoms with Crippen LogP contribution in [0.5, 0.6) is 0 Å². The lowest BCUT2D eigenvalue weighted by atomic mass is 9.97. The Labute approximate surface area is 205 Å². The van der Waals surface area contributed by atoms with Crippen molar-refractivity contribution in [1.29, 1.82) is 5.26 Å². The van der Waals surface area contributed by atoms with Gasteiger partial charge in [-0.25, -0.2) is 4.79 Å². The van der Waals surface area contributed by atoms with Gasteiger partial charge in [0.2, 0.25) is 0 Å². The van der Waals surface area contributed by atoms with Gasteiger partial charge in [0, 0.05) is 17.9 Å². The maximum absolute atomic E-state index is 11.2. The minimum Gasteiger partial charge on any atom is -0.477 e. The molecule has 0 saturated heterocycles. The predicted molar refractivity (Wildman–Crippen MR) is 140 cm³/mol. The van der Waals surface area contributed by atoms with Crippen molar-refractivity contribution in [1.82, 2.24) is 0 Å². The van der Waals surface area contributed by atoms with Gasteiger partial charge in [0.15, 0.2) is 0 Å². The van der Waals surface area contributed by atoms with Crippen LogP contribution in [0.15, 0.2) is 103 Å². The Balaban J connectivity index is 1.38. The molecule has 0 saturated carbocycles. The lowest BCUT2D eigenvalue weighted by Gasteiger charge is -2.31. The van der Waals surface area contributed by atoms with Crippen molar-refractivity contribution in [2.45, 2.75) is 12.8 Å². The van der Waals surface area contributed by atoms with Gasteiger partial charge in [-0.3, -0.25) is 0 Å². The van der Waals surface area contributed by atoms with Crippen molar-refractivity contribution >= 4 is 23.4 Å². The zero-order chi connectivity index (χ0) is 24.2. The molecule has 1 N–H and O–H groups in total. The molecule has 4 heteroatoms. The summed E-state index contributed by atoms with van der Waals surface area (Å²) in [6, 6.07) is 35.3. The Morgan fingerprint density at radius 2 is 1.43 bits per heavy atom. The third kappa shape index (κ3) is 4.71. The monoisotopic (exact) mass is 456 g/mol.